The lowest BCUT2D eigenvalue weighted by molar-refractivity contribution is 0.0955. The number of nitrogens with zero attached hydrogens (tertiary/aromatic N) is 3. The number of hydrazone groups is 1. The van der Waals surface area contributed by atoms with Crippen molar-refractivity contribution >= 4 is 43.8 Å². The quantitative estimate of drug-likeness (QED) is 0.139. The van der Waals surface area contributed by atoms with Crippen LogP contribution in [0.25, 0.3) is 5.69 Å². The number of halogens is 1. The monoisotopic (exact) mass is 640 g/mol. The minimum atomic E-state index is -4.00. The molecule has 212 valence electrons. The third-order valence-corrected chi connectivity index (χ3v) is 9.15. The number of para-hydroxylation sites is 1. The molecule has 5 aromatic rings. The first-order chi connectivity index (χ1) is 20.3. The van der Waals surface area contributed by atoms with Gasteiger partial charge < -0.3 is 4.57 Å². The molecule has 4 aromatic carbocycles. The van der Waals surface area contributed by atoms with Crippen LogP contribution in [0.4, 0.5) is 5.69 Å². The summed E-state index contributed by atoms with van der Waals surface area (Å²) in [5.41, 5.74) is 7.68. The van der Waals surface area contributed by atoms with E-state index < -0.39 is 15.9 Å². The van der Waals surface area contributed by atoms with Gasteiger partial charge in [-0.25, -0.2) is 13.8 Å². The van der Waals surface area contributed by atoms with Crippen LogP contribution < -0.4 is 9.73 Å². The maximum atomic E-state index is 13.9. The number of aromatic nitrogens is 1. The average molecular weight is 642 g/mol. The SMILES string of the molecule is Cc1cc(/C=N/NC(=O)c2ccccc2N(Cc2ccccc2)S(=O)(=O)c2ccccc2)c(C)n1-c1ccc(Br)cc1. The van der Waals surface area contributed by atoms with Crippen LogP contribution in [0.1, 0.15) is 32.9 Å². The summed E-state index contributed by atoms with van der Waals surface area (Å²) in [7, 11) is -4.00. The maximum absolute atomic E-state index is 13.9. The van der Waals surface area contributed by atoms with E-state index in [1.165, 1.54) is 4.31 Å². The zero-order valence-corrected chi connectivity index (χ0v) is 25.5. The van der Waals surface area contributed by atoms with Crippen molar-refractivity contribution in [1.82, 2.24) is 9.99 Å². The molecule has 42 heavy (non-hydrogen) atoms. The zero-order chi connectivity index (χ0) is 29.7. The molecule has 7 nitrogen and oxygen atoms in total. The molecule has 1 N–H and O–H groups in total. The number of amides is 1. The van der Waals surface area contributed by atoms with Crippen molar-refractivity contribution in [3.63, 3.8) is 0 Å². The highest BCUT2D eigenvalue weighted by molar-refractivity contribution is 9.10. The molecule has 0 aliphatic rings. The summed E-state index contributed by atoms with van der Waals surface area (Å²) >= 11 is 3.47. The summed E-state index contributed by atoms with van der Waals surface area (Å²) in [6.45, 7) is 4.05. The van der Waals surface area contributed by atoms with Gasteiger partial charge in [0.2, 0.25) is 0 Å². The van der Waals surface area contributed by atoms with Gasteiger partial charge in [0.1, 0.15) is 0 Å². The standard InChI is InChI=1S/C33H29BrN4O3S/c1-24-21-27(25(2)38(24)29-19-17-28(34)18-20-29)22-35-36-33(39)31-15-9-10-16-32(31)37(23-26-11-5-3-6-12-26)42(40,41)30-13-7-4-8-14-30/h3-22H,23H2,1-2H3,(H,36,39)/b35-22+. The third kappa shape index (κ3) is 6.22. The molecule has 0 spiro atoms. The second-order valence-electron chi connectivity index (χ2n) is 9.66. The van der Waals surface area contributed by atoms with Gasteiger partial charge in [-0.15, -0.1) is 0 Å². The van der Waals surface area contributed by atoms with Gasteiger partial charge in [-0.3, -0.25) is 9.10 Å². The first kappa shape index (κ1) is 29.0. The van der Waals surface area contributed by atoms with Crippen molar-refractivity contribution in [2.24, 2.45) is 5.10 Å². The highest BCUT2D eigenvalue weighted by atomic mass is 79.9. The van der Waals surface area contributed by atoms with Crippen LogP contribution in [0.3, 0.4) is 0 Å². The normalized spacial score (nSPS) is 11.5. The fraction of sp³-hybridized carbons (Fsp3) is 0.0909. The molecular weight excluding hydrogens is 612 g/mol. The molecule has 0 saturated heterocycles. The van der Waals surface area contributed by atoms with E-state index in [2.05, 4.69) is 31.0 Å². The van der Waals surface area contributed by atoms with Crippen LogP contribution in [0.15, 0.2) is 130 Å². The van der Waals surface area contributed by atoms with E-state index in [4.69, 9.17) is 0 Å². The number of sulfonamides is 1. The van der Waals surface area contributed by atoms with Crippen LogP contribution in [-0.2, 0) is 16.6 Å². The molecule has 0 bridgehead atoms. The first-order valence-corrected chi connectivity index (χ1v) is 15.5. The van der Waals surface area contributed by atoms with Gasteiger partial charge in [-0.2, -0.15) is 5.10 Å². The molecule has 1 amide bonds. The number of rotatable bonds is 9. The van der Waals surface area contributed by atoms with E-state index in [0.29, 0.717) is 0 Å². The van der Waals surface area contributed by atoms with Crippen molar-refractivity contribution in [1.29, 1.82) is 0 Å². The lowest BCUT2D eigenvalue weighted by Crippen LogP contribution is -2.33. The summed E-state index contributed by atoms with van der Waals surface area (Å²) in [6.07, 6.45) is 1.60. The van der Waals surface area contributed by atoms with Gasteiger partial charge in [0.05, 0.1) is 28.9 Å². The second kappa shape index (κ2) is 12.6. The Kier molecular flexibility index (Phi) is 8.70. The van der Waals surface area contributed by atoms with Gasteiger partial charge in [-0.05, 0) is 74.0 Å². The number of hydrogen-bond donors (Lipinski definition) is 1. The number of carbonyl (C=O) groups excluding carboxylic acids is 1. The summed E-state index contributed by atoms with van der Waals surface area (Å²) < 4.78 is 32.1. The summed E-state index contributed by atoms with van der Waals surface area (Å²) in [5, 5.41) is 4.23. The maximum Gasteiger partial charge on any atom is 0.273 e. The summed E-state index contributed by atoms with van der Waals surface area (Å²) in [6, 6.07) is 34.1. The Balaban J connectivity index is 1.44. The van der Waals surface area contributed by atoms with E-state index in [-0.39, 0.29) is 22.7 Å². The van der Waals surface area contributed by atoms with Gasteiger partial charge >= 0.3 is 0 Å². The zero-order valence-electron chi connectivity index (χ0n) is 23.1. The molecule has 0 fully saturated rings. The molecule has 0 aliphatic heterocycles. The molecule has 1 aromatic heterocycles. The number of anilines is 1. The number of benzene rings is 4. The smallest absolute Gasteiger partial charge is 0.273 e. The summed E-state index contributed by atoms with van der Waals surface area (Å²) in [5.74, 6) is -0.523. The van der Waals surface area contributed by atoms with Crippen molar-refractivity contribution in [2.75, 3.05) is 4.31 Å². The largest absolute Gasteiger partial charge is 0.318 e. The van der Waals surface area contributed by atoms with Crippen molar-refractivity contribution in [3.05, 3.63) is 148 Å². The Hall–Kier alpha value is -4.47. The molecule has 0 unspecified atom stereocenters. The average Bonchev–Trinajstić information content (AvgIpc) is 3.29. The van der Waals surface area contributed by atoms with Gasteiger partial charge in [0.15, 0.2) is 0 Å². The predicted octanol–water partition coefficient (Wildman–Crippen LogP) is 7.02. The van der Waals surface area contributed by atoms with Gasteiger partial charge in [-0.1, -0.05) is 76.6 Å². The Morgan fingerprint density at radius 2 is 1.50 bits per heavy atom. The topological polar surface area (TPSA) is 83.8 Å². The lowest BCUT2D eigenvalue weighted by atomic mass is 10.1. The first-order valence-electron chi connectivity index (χ1n) is 13.2. The highest BCUT2D eigenvalue weighted by Gasteiger charge is 2.28. The van der Waals surface area contributed by atoms with E-state index in [1.807, 2.05) is 74.5 Å². The Morgan fingerprint density at radius 3 is 2.19 bits per heavy atom. The van der Waals surface area contributed by atoms with Crippen LogP contribution in [0, 0.1) is 13.8 Å². The molecule has 0 saturated carbocycles. The van der Waals surface area contributed by atoms with Crippen LogP contribution in [0.5, 0.6) is 0 Å². The highest BCUT2D eigenvalue weighted by Crippen LogP contribution is 2.29. The second-order valence-corrected chi connectivity index (χ2v) is 12.4. The lowest BCUT2D eigenvalue weighted by Gasteiger charge is -2.26. The number of hydrogen-bond acceptors (Lipinski definition) is 4. The van der Waals surface area contributed by atoms with Gasteiger partial charge in [0, 0.05) is 27.1 Å². The Bertz CT molecular complexity index is 1840. The fourth-order valence-electron chi connectivity index (χ4n) is 4.78. The van der Waals surface area contributed by atoms with Crippen LogP contribution in [-0.4, -0.2) is 25.1 Å². The van der Waals surface area contributed by atoms with Crippen LogP contribution in [0.2, 0.25) is 0 Å². The molecule has 0 radical (unpaired) electrons. The minimum Gasteiger partial charge on any atom is -0.318 e. The van der Waals surface area contributed by atoms with Crippen LogP contribution >= 0.6 is 15.9 Å². The van der Waals surface area contributed by atoms with E-state index >= 15 is 0 Å². The fourth-order valence-corrected chi connectivity index (χ4v) is 6.54. The third-order valence-electron chi connectivity index (χ3n) is 6.84. The molecular formula is C33H29BrN4O3S. The van der Waals surface area contributed by atoms with E-state index in [0.717, 1.165) is 32.7 Å². The van der Waals surface area contributed by atoms with Crippen molar-refractivity contribution in [3.8, 4) is 5.69 Å². The Labute approximate surface area is 254 Å². The van der Waals surface area contributed by atoms with E-state index in [1.54, 1.807) is 60.8 Å². The number of aryl methyl sites for hydroxylation is 1. The number of nitrogens with one attached hydrogen (secondary N) is 1. The molecule has 1 heterocycles. The van der Waals surface area contributed by atoms with E-state index in [9.17, 15) is 13.2 Å². The van der Waals surface area contributed by atoms with Crippen molar-refractivity contribution < 1.29 is 13.2 Å². The molecule has 5 rings (SSSR count). The molecule has 9 heteroatoms. The summed E-state index contributed by atoms with van der Waals surface area (Å²) in [4.78, 5) is 13.6. The van der Waals surface area contributed by atoms with Gasteiger partial charge in [0.25, 0.3) is 15.9 Å². The molecule has 0 aliphatic carbocycles. The number of carbonyl (C=O) groups is 1. The molecule has 0 atom stereocenters. The predicted molar refractivity (Wildman–Crippen MR) is 171 cm³/mol. The minimum absolute atomic E-state index is 0.0493. The Morgan fingerprint density at radius 1 is 0.881 bits per heavy atom. The van der Waals surface area contributed by atoms with Crippen molar-refractivity contribution in [2.45, 2.75) is 25.3 Å².